The largest absolute Gasteiger partial charge is 0.444 e. The van der Waals surface area contributed by atoms with E-state index < -0.39 is 5.60 Å². The molecule has 0 aliphatic carbocycles. The summed E-state index contributed by atoms with van der Waals surface area (Å²) in [7, 11) is 1.80. The predicted molar refractivity (Wildman–Crippen MR) is 112 cm³/mol. The summed E-state index contributed by atoms with van der Waals surface area (Å²) in [5, 5.41) is 7.50. The first kappa shape index (κ1) is 20.9. The van der Waals surface area contributed by atoms with Crippen LogP contribution in [0.2, 0.25) is 0 Å². The summed E-state index contributed by atoms with van der Waals surface area (Å²) in [5.74, 6) is 0.835. The van der Waals surface area contributed by atoms with Crippen molar-refractivity contribution in [1.82, 2.24) is 14.7 Å². The van der Waals surface area contributed by atoms with Gasteiger partial charge in [-0.2, -0.15) is 5.10 Å². The molecule has 2 heterocycles. The van der Waals surface area contributed by atoms with E-state index in [0.717, 1.165) is 11.3 Å². The van der Waals surface area contributed by atoms with Crippen molar-refractivity contribution in [3.8, 4) is 0 Å². The number of aryl methyl sites for hydroxylation is 1. The Bertz CT molecular complexity index is 907. The van der Waals surface area contributed by atoms with Crippen LogP contribution in [-0.2, 0) is 24.8 Å². The molecule has 0 unspecified atom stereocenters. The van der Waals surface area contributed by atoms with Gasteiger partial charge in [-0.15, -0.1) is 0 Å². The van der Waals surface area contributed by atoms with Gasteiger partial charge in [0.1, 0.15) is 11.4 Å². The van der Waals surface area contributed by atoms with Crippen LogP contribution in [0.4, 0.5) is 10.6 Å². The van der Waals surface area contributed by atoms with Gasteiger partial charge in [0, 0.05) is 31.1 Å². The van der Waals surface area contributed by atoms with Crippen LogP contribution in [0.5, 0.6) is 0 Å². The molecule has 2 amide bonds. The molecule has 1 aromatic heterocycles. The summed E-state index contributed by atoms with van der Waals surface area (Å²) < 4.78 is 7.16. The molecule has 0 bridgehead atoms. The van der Waals surface area contributed by atoms with E-state index in [1.54, 1.807) is 16.6 Å². The SMILES string of the molecule is CC(C)c1ccc(C(=O)Nc2c3c(nn2C)CCN(C(=O)OC(C)(C)C)C3)cc1. The molecule has 3 rings (SSSR count). The second kappa shape index (κ2) is 7.89. The number of nitrogens with one attached hydrogen (secondary N) is 1. The van der Waals surface area contributed by atoms with Crippen molar-refractivity contribution in [3.63, 3.8) is 0 Å². The van der Waals surface area contributed by atoms with Crippen LogP contribution in [0.3, 0.4) is 0 Å². The number of nitrogens with zero attached hydrogens (tertiary/aromatic N) is 3. The van der Waals surface area contributed by atoms with Gasteiger partial charge in [0.05, 0.1) is 12.2 Å². The van der Waals surface area contributed by atoms with Gasteiger partial charge >= 0.3 is 6.09 Å². The maximum absolute atomic E-state index is 12.8. The molecule has 0 atom stereocenters. The van der Waals surface area contributed by atoms with E-state index >= 15 is 0 Å². The van der Waals surface area contributed by atoms with Gasteiger partial charge in [-0.1, -0.05) is 26.0 Å². The molecular weight excluding hydrogens is 368 g/mol. The van der Waals surface area contributed by atoms with Gasteiger partial charge in [-0.3, -0.25) is 9.48 Å². The Balaban J connectivity index is 1.77. The van der Waals surface area contributed by atoms with Crippen LogP contribution >= 0.6 is 0 Å². The Morgan fingerprint density at radius 2 is 1.83 bits per heavy atom. The summed E-state index contributed by atoms with van der Waals surface area (Å²) in [5.41, 5.74) is 2.98. The maximum atomic E-state index is 12.8. The highest BCUT2D eigenvalue weighted by atomic mass is 16.6. The summed E-state index contributed by atoms with van der Waals surface area (Å²) >= 11 is 0. The van der Waals surface area contributed by atoms with Crippen molar-refractivity contribution in [3.05, 3.63) is 46.6 Å². The number of carbonyl (C=O) groups is 2. The fourth-order valence-corrected chi connectivity index (χ4v) is 3.34. The van der Waals surface area contributed by atoms with E-state index in [1.807, 2.05) is 45.0 Å². The molecule has 29 heavy (non-hydrogen) atoms. The zero-order valence-corrected chi connectivity index (χ0v) is 18.1. The van der Waals surface area contributed by atoms with Gasteiger partial charge in [0.25, 0.3) is 5.91 Å². The van der Waals surface area contributed by atoms with Gasteiger partial charge in [0.15, 0.2) is 0 Å². The Morgan fingerprint density at radius 3 is 2.41 bits per heavy atom. The Labute approximate surface area is 172 Å². The Hall–Kier alpha value is -2.83. The van der Waals surface area contributed by atoms with Crippen LogP contribution in [-0.4, -0.2) is 38.8 Å². The third kappa shape index (κ3) is 4.78. The first-order valence-corrected chi connectivity index (χ1v) is 9.99. The van der Waals surface area contributed by atoms with Gasteiger partial charge in [0.2, 0.25) is 0 Å². The number of hydrogen-bond donors (Lipinski definition) is 1. The predicted octanol–water partition coefficient (Wildman–Crippen LogP) is 4.09. The fraction of sp³-hybridized carbons (Fsp3) is 0.500. The molecule has 1 N–H and O–H groups in total. The lowest BCUT2D eigenvalue weighted by Gasteiger charge is -2.29. The summed E-state index contributed by atoms with van der Waals surface area (Å²) in [6.07, 6.45) is 0.273. The molecule has 0 spiro atoms. The number of benzene rings is 1. The first-order valence-electron chi connectivity index (χ1n) is 9.99. The number of aromatic nitrogens is 2. The van der Waals surface area contributed by atoms with Crippen LogP contribution in [0, 0.1) is 0 Å². The molecule has 1 aromatic carbocycles. The molecule has 2 aromatic rings. The smallest absolute Gasteiger partial charge is 0.410 e. The van der Waals surface area contributed by atoms with E-state index in [2.05, 4.69) is 24.3 Å². The van der Waals surface area contributed by atoms with Gasteiger partial charge < -0.3 is 15.0 Å². The first-order chi connectivity index (χ1) is 13.5. The van der Waals surface area contributed by atoms with Crippen LogP contribution in [0.15, 0.2) is 24.3 Å². The lowest BCUT2D eigenvalue weighted by atomic mass is 10.0. The highest BCUT2D eigenvalue weighted by molar-refractivity contribution is 6.04. The molecule has 156 valence electrons. The Morgan fingerprint density at radius 1 is 1.17 bits per heavy atom. The number of amides is 2. The second-order valence-corrected chi connectivity index (χ2v) is 8.78. The summed E-state index contributed by atoms with van der Waals surface area (Å²) in [6, 6.07) is 7.62. The molecule has 7 heteroatoms. The monoisotopic (exact) mass is 398 g/mol. The minimum atomic E-state index is -0.550. The molecular formula is C22H30N4O3. The second-order valence-electron chi connectivity index (χ2n) is 8.78. The van der Waals surface area contributed by atoms with Crippen molar-refractivity contribution < 1.29 is 14.3 Å². The van der Waals surface area contributed by atoms with E-state index in [9.17, 15) is 9.59 Å². The summed E-state index contributed by atoms with van der Waals surface area (Å²) in [4.78, 5) is 26.9. The lowest BCUT2D eigenvalue weighted by molar-refractivity contribution is 0.0224. The molecule has 0 saturated heterocycles. The van der Waals surface area contributed by atoms with Crippen LogP contribution in [0.1, 0.15) is 67.7 Å². The van der Waals surface area contributed by atoms with Gasteiger partial charge in [-0.05, 0) is 44.4 Å². The number of anilines is 1. The van der Waals surface area contributed by atoms with Crippen molar-refractivity contribution in [2.45, 2.75) is 59.1 Å². The van der Waals surface area contributed by atoms with E-state index in [4.69, 9.17) is 4.74 Å². The standard InChI is InChI=1S/C22H30N4O3/c1-14(2)15-7-9-16(10-8-15)20(27)23-19-17-13-26(21(28)29-22(3,4)5)12-11-18(17)24-25(19)6/h7-10,14H,11-13H2,1-6H3,(H,23,27). The molecule has 1 aliphatic rings. The minimum Gasteiger partial charge on any atom is -0.444 e. The molecule has 1 aliphatic heterocycles. The molecule has 0 saturated carbocycles. The number of ether oxygens (including phenoxy) is 1. The van der Waals surface area contributed by atoms with Crippen LogP contribution in [0.25, 0.3) is 0 Å². The molecule has 0 fully saturated rings. The molecule has 7 nitrogen and oxygen atoms in total. The highest BCUT2D eigenvalue weighted by Crippen LogP contribution is 2.27. The van der Waals surface area contributed by atoms with E-state index in [0.29, 0.717) is 36.8 Å². The number of fused-ring (bicyclic) bond motifs is 1. The Kier molecular flexibility index (Phi) is 5.68. The maximum Gasteiger partial charge on any atom is 0.410 e. The lowest BCUT2D eigenvalue weighted by Crippen LogP contribution is -2.40. The normalized spacial score (nSPS) is 14.0. The third-order valence-corrected chi connectivity index (χ3v) is 4.92. The number of carbonyl (C=O) groups excluding carboxylic acids is 2. The van der Waals surface area contributed by atoms with Crippen molar-refractivity contribution in [2.24, 2.45) is 7.05 Å². The average molecular weight is 399 g/mol. The minimum absolute atomic E-state index is 0.194. The zero-order valence-electron chi connectivity index (χ0n) is 18.1. The van der Waals surface area contributed by atoms with Crippen molar-refractivity contribution >= 4 is 17.8 Å². The topological polar surface area (TPSA) is 76.5 Å². The summed E-state index contributed by atoms with van der Waals surface area (Å²) in [6.45, 7) is 10.7. The van der Waals surface area contributed by atoms with Crippen molar-refractivity contribution in [1.29, 1.82) is 0 Å². The quantitative estimate of drug-likeness (QED) is 0.845. The molecule has 0 radical (unpaired) electrons. The third-order valence-electron chi connectivity index (χ3n) is 4.92. The number of rotatable bonds is 3. The fourth-order valence-electron chi connectivity index (χ4n) is 3.34. The highest BCUT2D eigenvalue weighted by Gasteiger charge is 2.30. The number of hydrogen-bond acceptors (Lipinski definition) is 4. The van der Waals surface area contributed by atoms with E-state index in [-0.39, 0.29) is 12.0 Å². The zero-order chi connectivity index (χ0) is 21.3. The van der Waals surface area contributed by atoms with Gasteiger partial charge in [-0.25, -0.2) is 4.79 Å². The van der Waals surface area contributed by atoms with Crippen molar-refractivity contribution in [2.75, 3.05) is 11.9 Å². The average Bonchev–Trinajstić information content (AvgIpc) is 2.95. The van der Waals surface area contributed by atoms with Crippen LogP contribution < -0.4 is 5.32 Å². The van der Waals surface area contributed by atoms with E-state index in [1.165, 1.54) is 5.56 Å².